The largest absolute Gasteiger partial charge is 0.382 e. The second-order valence-electron chi connectivity index (χ2n) is 7.42. The summed E-state index contributed by atoms with van der Waals surface area (Å²) in [6.45, 7) is 2.63. The number of nitrogens with one attached hydrogen (secondary N) is 1. The van der Waals surface area contributed by atoms with Gasteiger partial charge in [0.25, 0.3) is 0 Å². The molecule has 1 aliphatic carbocycles. The third-order valence-corrected chi connectivity index (χ3v) is 6.32. The van der Waals surface area contributed by atoms with Gasteiger partial charge in [-0.2, -0.15) is 0 Å². The number of methoxy groups -OCH3 is 2. The van der Waals surface area contributed by atoms with Gasteiger partial charge in [-0.3, -0.25) is 14.3 Å². The smallest absolute Gasteiger partial charge is 0.235 e. The van der Waals surface area contributed by atoms with Crippen molar-refractivity contribution in [3.8, 4) is 11.4 Å². The van der Waals surface area contributed by atoms with Crippen molar-refractivity contribution in [3.05, 3.63) is 47.8 Å². The molecule has 0 bridgehead atoms. The molecular formula is C20H24ClN7O2S. The minimum Gasteiger partial charge on any atom is -0.382 e. The number of rotatable bonds is 10. The molecule has 0 radical (unpaired) electrons. The molecule has 4 rings (SSSR count). The number of hydrogen-bond acceptors (Lipinski definition) is 9. The minimum atomic E-state index is -0.321. The third kappa shape index (κ3) is 4.67. The predicted molar refractivity (Wildman–Crippen MR) is 120 cm³/mol. The van der Waals surface area contributed by atoms with Gasteiger partial charge in [0.15, 0.2) is 11.6 Å². The van der Waals surface area contributed by atoms with E-state index >= 15 is 0 Å². The highest BCUT2D eigenvalue weighted by atomic mass is 35.5. The summed E-state index contributed by atoms with van der Waals surface area (Å²) in [5.41, 5.74) is 0.753. The SMILES string of the molecule is COCC1(n2c(NS[C@@H](C)C(OC)c3ncc(Cl)cn3)nnc2-c2cccnc2)CC1. The maximum Gasteiger partial charge on any atom is 0.235 e. The Morgan fingerprint density at radius 1 is 1.23 bits per heavy atom. The topological polar surface area (TPSA) is 99.9 Å². The molecule has 0 saturated heterocycles. The maximum atomic E-state index is 5.91. The summed E-state index contributed by atoms with van der Waals surface area (Å²) >= 11 is 7.39. The summed E-state index contributed by atoms with van der Waals surface area (Å²) in [5, 5.41) is 9.36. The van der Waals surface area contributed by atoms with Crippen LogP contribution in [0.4, 0.5) is 5.95 Å². The zero-order valence-electron chi connectivity index (χ0n) is 17.5. The first-order valence-electron chi connectivity index (χ1n) is 9.85. The first-order valence-corrected chi connectivity index (χ1v) is 11.1. The van der Waals surface area contributed by atoms with Crippen LogP contribution in [0.15, 0.2) is 36.9 Å². The number of pyridine rings is 1. The van der Waals surface area contributed by atoms with Gasteiger partial charge in [-0.25, -0.2) is 9.97 Å². The standard InChI is InChI=1S/C20H24ClN7O2S/c1-13(16(30-3)17-23-10-15(21)11-24-17)31-27-19-26-25-18(14-5-4-8-22-9-14)28(19)20(6-7-20)12-29-2/h4-5,8-11,13,16H,6-7,12H2,1-3H3,(H,26,27)/t13-,16?/m0/s1. The molecule has 31 heavy (non-hydrogen) atoms. The molecule has 0 aliphatic heterocycles. The average molecular weight is 462 g/mol. The van der Waals surface area contributed by atoms with Gasteiger partial charge in [0, 0.05) is 44.6 Å². The molecule has 1 unspecified atom stereocenters. The fourth-order valence-electron chi connectivity index (χ4n) is 3.51. The second-order valence-corrected chi connectivity index (χ2v) is 9.04. The molecule has 1 saturated carbocycles. The van der Waals surface area contributed by atoms with Crippen molar-refractivity contribution in [3.63, 3.8) is 0 Å². The molecule has 9 nitrogen and oxygen atoms in total. The monoisotopic (exact) mass is 461 g/mol. The van der Waals surface area contributed by atoms with E-state index < -0.39 is 0 Å². The van der Waals surface area contributed by atoms with Gasteiger partial charge in [-0.1, -0.05) is 11.6 Å². The van der Waals surface area contributed by atoms with E-state index in [1.165, 1.54) is 11.9 Å². The molecule has 1 fully saturated rings. The van der Waals surface area contributed by atoms with Crippen molar-refractivity contribution in [2.75, 3.05) is 25.5 Å². The molecule has 0 amide bonds. The van der Waals surface area contributed by atoms with Crippen LogP contribution < -0.4 is 4.72 Å². The number of aromatic nitrogens is 6. The summed E-state index contributed by atoms with van der Waals surface area (Å²) in [5.74, 6) is 2.00. The van der Waals surface area contributed by atoms with Crippen molar-refractivity contribution in [2.24, 2.45) is 0 Å². The molecular weight excluding hydrogens is 438 g/mol. The molecule has 164 valence electrons. The first kappa shape index (κ1) is 21.9. The maximum absolute atomic E-state index is 5.91. The summed E-state index contributed by atoms with van der Waals surface area (Å²) < 4.78 is 16.7. The number of halogens is 1. The molecule has 2 atom stereocenters. The summed E-state index contributed by atoms with van der Waals surface area (Å²) in [7, 11) is 3.36. The lowest BCUT2D eigenvalue weighted by molar-refractivity contribution is 0.0972. The van der Waals surface area contributed by atoms with Crippen molar-refractivity contribution in [2.45, 2.75) is 36.7 Å². The van der Waals surface area contributed by atoms with Crippen LogP contribution in [0.3, 0.4) is 0 Å². The minimum absolute atomic E-state index is 0.0178. The Bertz CT molecular complexity index is 999. The van der Waals surface area contributed by atoms with Gasteiger partial charge in [0.05, 0.1) is 22.4 Å². The molecule has 11 heteroatoms. The van der Waals surface area contributed by atoms with Crippen LogP contribution >= 0.6 is 23.5 Å². The lowest BCUT2D eigenvalue weighted by atomic mass is 10.2. The van der Waals surface area contributed by atoms with Gasteiger partial charge >= 0.3 is 0 Å². The van der Waals surface area contributed by atoms with Gasteiger partial charge in [0.1, 0.15) is 6.10 Å². The molecule has 3 aromatic rings. The molecule has 3 aromatic heterocycles. The van der Waals surface area contributed by atoms with E-state index in [1.807, 2.05) is 19.1 Å². The zero-order chi connectivity index (χ0) is 21.8. The zero-order valence-corrected chi connectivity index (χ0v) is 19.1. The van der Waals surface area contributed by atoms with Crippen LogP contribution in [0, 0.1) is 0 Å². The summed E-state index contributed by atoms with van der Waals surface area (Å²) in [4.78, 5) is 12.8. The third-order valence-electron chi connectivity index (χ3n) is 5.21. The van der Waals surface area contributed by atoms with E-state index in [9.17, 15) is 0 Å². The van der Waals surface area contributed by atoms with Crippen molar-refractivity contribution < 1.29 is 9.47 Å². The molecule has 3 heterocycles. The average Bonchev–Trinajstić information content (AvgIpc) is 3.43. The van der Waals surface area contributed by atoms with Gasteiger partial charge in [0.2, 0.25) is 5.95 Å². The van der Waals surface area contributed by atoms with E-state index in [0.29, 0.717) is 23.4 Å². The number of anilines is 1. The van der Waals surface area contributed by atoms with Crippen LogP contribution in [0.25, 0.3) is 11.4 Å². The molecule has 1 N–H and O–H groups in total. The normalized spacial score (nSPS) is 16.6. The Balaban J connectivity index is 1.57. The Morgan fingerprint density at radius 2 is 2.00 bits per heavy atom. The van der Waals surface area contributed by atoms with Gasteiger partial charge < -0.3 is 9.47 Å². The highest BCUT2D eigenvalue weighted by Gasteiger charge is 2.48. The number of nitrogens with zero attached hydrogens (tertiary/aromatic N) is 6. The van der Waals surface area contributed by atoms with E-state index in [2.05, 4.69) is 34.4 Å². The number of ether oxygens (including phenoxy) is 2. The van der Waals surface area contributed by atoms with Gasteiger partial charge in [-0.15, -0.1) is 10.2 Å². The Hall–Kier alpha value is -2.27. The summed E-state index contributed by atoms with van der Waals surface area (Å²) in [6, 6.07) is 3.87. The van der Waals surface area contributed by atoms with E-state index in [0.717, 1.165) is 24.2 Å². The van der Waals surface area contributed by atoms with Crippen LogP contribution in [0.1, 0.15) is 31.7 Å². The van der Waals surface area contributed by atoms with E-state index in [1.54, 1.807) is 39.0 Å². The fraction of sp³-hybridized carbons (Fsp3) is 0.450. The lowest BCUT2D eigenvalue weighted by Crippen LogP contribution is -2.25. The Kier molecular flexibility index (Phi) is 6.71. The molecule has 0 aromatic carbocycles. The summed E-state index contributed by atoms with van der Waals surface area (Å²) in [6.07, 6.45) is 8.35. The quantitative estimate of drug-likeness (QED) is 0.452. The highest BCUT2D eigenvalue weighted by molar-refractivity contribution is 8.01. The van der Waals surface area contributed by atoms with Crippen LogP contribution in [-0.4, -0.2) is 55.8 Å². The predicted octanol–water partition coefficient (Wildman–Crippen LogP) is 3.76. The molecule has 1 aliphatic rings. The Morgan fingerprint density at radius 3 is 2.61 bits per heavy atom. The van der Waals surface area contributed by atoms with E-state index in [-0.39, 0.29) is 16.9 Å². The van der Waals surface area contributed by atoms with Crippen molar-refractivity contribution in [1.29, 1.82) is 0 Å². The Labute approximate surface area is 190 Å². The molecule has 0 spiro atoms. The fourth-order valence-corrected chi connectivity index (χ4v) is 4.39. The first-order chi connectivity index (χ1) is 15.1. The number of hydrogen-bond donors (Lipinski definition) is 1. The van der Waals surface area contributed by atoms with E-state index in [4.69, 9.17) is 21.1 Å². The lowest BCUT2D eigenvalue weighted by Gasteiger charge is -2.23. The van der Waals surface area contributed by atoms with Crippen molar-refractivity contribution >= 4 is 29.5 Å². The van der Waals surface area contributed by atoms with Crippen LogP contribution in [-0.2, 0) is 15.0 Å². The highest BCUT2D eigenvalue weighted by Crippen LogP contribution is 2.48. The van der Waals surface area contributed by atoms with Crippen LogP contribution in [0.5, 0.6) is 0 Å². The van der Waals surface area contributed by atoms with Crippen LogP contribution in [0.2, 0.25) is 5.02 Å². The second kappa shape index (κ2) is 9.47. The van der Waals surface area contributed by atoms with Crippen molar-refractivity contribution in [1.82, 2.24) is 29.7 Å². The van der Waals surface area contributed by atoms with Gasteiger partial charge in [-0.05, 0) is 43.8 Å².